The molecule has 3 nitrogen and oxygen atoms in total. The number of para-hydroxylation sites is 1. The maximum atomic E-state index is 12.8. The van der Waals surface area contributed by atoms with Crippen molar-refractivity contribution in [3.05, 3.63) is 108 Å². The fourth-order valence-corrected chi connectivity index (χ4v) is 4.18. The smallest absolute Gasteiger partial charge is 0.220 e. The molecule has 3 aromatic carbocycles. The molecule has 152 valence electrons. The van der Waals surface area contributed by atoms with Crippen LogP contribution in [0.2, 0.25) is 0 Å². The molecule has 1 N–H and O–H groups in total. The van der Waals surface area contributed by atoms with Gasteiger partial charge in [0.15, 0.2) is 0 Å². The second-order valence-electron chi connectivity index (χ2n) is 7.89. The van der Waals surface area contributed by atoms with Crippen LogP contribution in [0.3, 0.4) is 0 Å². The Hall–Kier alpha value is -3.33. The lowest BCUT2D eigenvalue weighted by molar-refractivity contribution is -0.121. The zero-order chi connectivity index (χ0) is 20.8. The average molecular weight is 397 g/mol. The van der Waals surface area contributed by atoms with Crippen LogP contribution in [0.1, 0.15) is 29.0 Å². The number of aromatic nitrogens is 1. The quantitative estimate of drug-likeness (QED) is 0.433. The predicted molar refractivity (Wildman–Crippen MR) is 124 cm³/mol. The van der Waals surface area contributed by atoms with Gasteiger partial charge in [0.2, 0.25) is 5.91 Å². The van der Waals surface area contributed by atoms with E-state index in [1.807, 2.05) is 24.3 Å². The Kier molecular flexibility index (Phi) is 6.29. The van der Waals surface area contributed by atoms with Gasteiger partial charge in [-0.2, -0.15) is 0 Å². The van der Waals surface area contributed by atoms with Crippen molar-refractivity contribution in [3.63, 3.8) is 0 Å². The first kappa shape index (κ1) is 20.0. The summed E-state index contributed by atoms with van der Waals surface area (Å²) >= 11 is 0. The normalized spacial score (nSPS) is 12.0. The summed E-state index contributed by atoms with van der Waals surface area (Å²) in [5, 5.41) is 4.36. The van der Waals surface area contributed by atoms with E-state index in [9.17, 15) is 4.79 Å². The molecule has 0 radical (unpaired) electrons. The van der Waals surface area contributed by atoms with Crippen molar-refractivity contribution < 1.29 is 4.79 Å². The summed E-state index contributed by atoms with van der Waals surface area (Å²) in [6.07, 6.45) is 4.37. The van der Waals surface area contributed by atoms with Gasteiger partial charge in [0.1, 0.15) is 0 Å². The van der Waals surface area contributed by atoms with Crippen LogP contribution in [-0.4, -0.2) is 17.0 Å². The van der Waals surface area contributed by atoms with Crippen LogP contribution in [0.25, 0.3) is 10.9 Å². The number of benzene rings is 3. The summed E-state index contributed by atoms with van der Waals surface area (Å²) < 4.78 is 2.16. The van der Waals surface area contributed by atoms with E-state index in [-0.39, 0.29) is 11.8 Å². The van der Waals surface area contributed by atoms with Gasteiger partial charge in [-0.05, 0) is 41.5 Å². The number of rotatable bonds is 8. The number of fused-ring (bicyclic) bond motifs is 1. The number of amides is 1. The summed E-state index contributed by atoms with van der Waals surface area (Å²) in [6.45, 7) is 0.663. The van der Waals surface area contributed by atoms with Crippen molar-refractivity contribution in [1.29, 1.82) is 0 Å². The summed E-state index contributed by atoms with van der Waals surface area (Å²) in [5.74, 6) is 0.245. The monoisotopic (exact) mass is 396 g/mol. The van der Waals surface area contributed by atoms with Crippen LogP contribution in [0.4, 0.5) is 0 Å². The lowest BCUT2D eigenvalue weighted by Crippen LogP contribution is -2.27. The minimum Gasteiger partial charge on any atom is -0.356 e. The van der Waals surface area contributed by atoms with Crippen LogP contribution in [0, 0.1) is 0 Å². The molecule has 4 aromatic rings. The Morgan fingerprint density at radius 2 is 1.50 bits per heavy atom. The SMILES string of the molecule is Cn1cc(C(CC(=O)NCCc2ccccc2)Cc2ccccc2)c2ccccc21. The van der Waals surface area contributed by atoms with Crippen molar-refractivity contribution in [2.75, 3.05) is 6.54 Å². The van der Waals surface area contributed by atoms with E-state index in [1.54, 1.807) is 0 Å². The highest BCUT2D eigenvalue weighted by molar-refractivity contribution is 5.86. The van der Waals surface area contributed by atoms with Crippen molar-refractivity contribution in [3.8, 4) is 0 Å². The molecule has 30 heavy (non-hydrogen) atoms. The van der Waals surface area contributed by atoms with Gasteiger partial charge < -0.3 is 9.88 Å². The largest absolute Gasteiger partial charge is 0.356 e. The Morgan fingerprint density at radius 1 is 0.867 bits per heavy atom. The Bertz CT molecular complexity index is 1100. The van der Waals surface area contributed by atoms with Crippen molar-refractivity contribution >= 4 is 16.8 Å². The third-order valence-electron chi connectivity index (χ3n) is 5.70. The fourth-order valence-electron chi connectivity index (χ4n) is 4.18. The zero-order valence-electron chi connectivity index (χ0n) is 17.4. The van der Waals surface area contributed by atoms with Crippen LogP contribution in [0.5, 0.6) is 0 Å². The highest BCUT2D eigenvalue weighted by atomic mass is 16.1. The third-order valence-corrected chi connectivity index (χ3v) is 5.70. The third kappa shape index (κ3) is 4.80. The molecular weight excluding hydrogens is 368 g/mol. The molecule has 1 amide bonds. The summed E-state index contributed by atoms with van der Waals surface area (Å²) in [5.41, 5.74) is 4.95. The van der Waals surface area contributed by atoms with Crippen molar-refractivity contribution in [2.45, 2.75) is 25.2 Å². The van der Waals surface area contributed by atoms with Crippen LogP contribution in [-0.2, 0) is 24.7 Å². The van der Waals surface area contributed by atoms with Gasteiger partial charge in [-0.15, -0.1) is 0 Å². The summed E-state index contributed by atoms with van der Waals surface area (Å²) in [7, 11) is 2.07. The molecule has 4 rings (SSSR count). The molecule has 0 bridgehead atoms. The summed E-state index contributed by atoms with van der Waals surface area (Å²) in [4.78, 5) is 12.8. The van der Waals surface area contributed by atoms with Crippen molar-refractivity contribution in [1.82, 2.24) is 9.88 Å². The van der Waals surface area contributed by atoms with Crippen molar-refractivity contribution in [2.24, 2.45) is 7.05 Å². The van der Waals surface area contributed by atoms with Crippen LogP contribution >= 0.6 is 0 Å². The fraction of sp³-hybridized carbons (Fsp3) is 0.222. The van der Waals surface area contributed by atoms with Gasteiger partial charge in [-0.1, -0.05) is 78.9 Å². The highest BCUT2D eigenvalue weighted by Crippen LogP contribution is 2.32. The van der Waals surface area contributed by atoms with Crippen LogP contribution in [0.15, 0.2) is 91.1 Å². The molecule has 1 unspecified atom stereocenters. The maximum absolute atomic E-state index is 12.8. The molecule has 0 saturated heterocycles. The molecule has 1 atom stereocenters. The lowest BCUT2D eigenvalue weighted by Gasteiger charge is -2.17. The number of carbonyl (C=O) groups excluding carboxylic acids is 1. The number of carbonyl (C=O) groups is 1. The number of nitrogens with zero attached hydrogens (tertiary/aromatic N) is 1. The molecular formula is C27H28N2O. The van der Waals surface area contributed by atoms with E-state index in [1.165, 1.54) is 27.6 Å². The Balaban J connectivity index is 1.51. The number of hydrogen-bond acceptors (Lipinski definition) is 1. The molecule has 0 spiro atoms. The molecule has 0 aliphatic heterocycles. The van der Waals surface area contributed by atoms with Crippen LogP contribution < -0.4 is 5.32 Å². The first-order valence-electron chi connectivity index (χ1n) is 10.6. The molecule has 1 aromatic heterocycles. The van der Waals surface area contributed by atoms with Gasteiger partial charge in [-0.25, -0.2) is 0 Å². The van der Waals surface area contributed by atoms with E-state index in [0.29, 0.717) is 13.0 Å². The van der Waals surface area contributed by atoms with Gasteiger partial charge >= 0.3 is 0 Å². The molecule has 0 aliphatic carbocycles. The van der Waals surface area contributed by atoms with Gasteiger partial charge in [-0.3, -0.25) is 4.79 Å². The van der Waals surface area contributed by atoms with E-state index < -0.39 is 0 Å². The lowest BCUT2D eigenvalue weighted by atomic mass is 9.88. The minimum absolute atomic E-state index is 0.111. The number of nitrogens with one attached hydrogen (secondary N) is 1. The van der Waals surface area contributed by atoms with E-state index in [2.05, 4.69) is 83.8 Å². The topological polar surface area (TPSA) is 34.0 Å². The minimum atomic E-state index is 0.111. The molecule has 0 saturated carbocycles. The Morgan fingerprint density at radius 3 is 2.23 bits per heavy atom. The molecule has 3 heteroatoms. The number of hydrogen-bond donors (Lipinski definition) is 1. The molecule has 1 heterocycles. The second-order valence-corrected chi connectivity index (χ2v) is 7.89. The molecule has 0 aliphatic rings. The molecule has 0 fully saturated rings. The average Bonchev–Trinajstić information content (AvgIpc) is 3.12. The van der Waals surface area contributed by atoms with E-state index >= 15 is 0 Å². The predicted octanol–water partition coefficient (Wildman–Crippen LogP) is 5.25. The van der Waals surface area contributed by atoms with Gasteiger partial charge in [0.25, 0.3) is 0 Å². The van der Waals surface area contributed by atoms with Gasteiger partial charge in [0.05, 0.1) is 0 Å². The van der Waals surface area contributed by atoms with Gasteiger partial charge in [0, 0.05) is 37.1 Å². The summed E-state index contributed by atoms with van der Waals surface area (Å²) in [6, 6.07) is 29.2. The first-order valence-corrected chi connectivity index (χ1v) is 10.6. The van der Waals surface area contributed by atoms with E-state index in [4.69, 9.17) is 0 Å². The number of aryl methyl sites for hydroxylation is 1. The highest BCUT2D eigenvalue weighted by Gasteiger charge is 2.21. The second kappa shape index (κ2) is 9.45. The Labute approximate surface area is 178 Å². The van der Waals surface area contributed by atoms with E-state index in [0.717, 1.165) is 12.8 Å². The first-order chi connectivity index (χ1) is 14.7. The zero-order valence-corrected chi connectivity index (χ0v) is 17.4. The maximum Gasteiger partial charge on any atom is 0.220 e. The standard InChI is InChI=1S/C27H28N2O/c1-29-20-25(24-14-8-9-15-26(24)29)23(18-22-12-6-3-7-13-22)19-27(30)28-17-16-21-10-4-2-5-11-21/h2-15,20,23H,16-19H2,1H3,(H,28,30).